The Morgan fingerprint density at radius 3 is 2.26 bits per heavy atom. The standard InChI is InChI=1S/C22H23F3N2O4/c1-13(2)18(31-12-14-3-8-17(26-11-14)22(23,24)25)19(28)27-21(9-10-21)16-6-4-15(5-7-16)20(29)30/h3-8,11,13,18H,9-10,12H2,1-2H3,(H,27,28)(H,29,30)/t18-/m1/s1. The van der Waals surface area contributed by atoms with E-state index in [0.717, 1.165) is 30.7 Å². The zero-order valence-corrected chi connectivity index (χ0v) is 17.1. The van der Waals surface area contributed by atoms with Gasteiger partial charge in [0, 0.05) is 6.20 Å². The Morgan fingerprint density at radius 1 is 1.16 bits per heavy atom. The minimum absolute atomic E-state index is 0.0539. The highest BCUT2D eigenvalue weighted by atomic mass is 19.4. The lowest BCUT2D eigenvalue weighted by Crippen LogP contribution is -2.44. The molecule has 1 aliphatic rings. The molecular formula is C22H23F3N2O4. The maximum Gasteiger partial charge on any atom is 0.433 e. The number of rotatable bonds is 8. The highest BCUT2D eigenvalue weighted by molar-refractivity contribution is 5.87. The Morgan fingerprint density at radius 2 is 1.81 bits per heavy atom. The summed E-state index contributed by atoms with van der Waals surface area (Å²) in [6, 6.07) is 8.53. The van der Waals surface area contributed by atoms with Crippen molar-refractivity contribution in [3.63, 3.8) is 0 Å². The quantitative estimate of drug-likeness (QED) is 0.649. The largest absolute Gasteiger partial charge is 0.478 e. The van der Waals surface area contributed by atoms with E-state index in [1.807, 2.05) is 13.8 Å². The molecule has 0 unspecified atom stereocenters. The van der Waals surface area contributed by atoms with E-state index in [1.54, 1.807) is 12.1 Å². The number of pyridine rings is 1. The van der Waals surface area contributed by atoms with Gasteiger partial charge in [-0.1, -0.05) is 32.0 Å². The third kappa shape index (κ3) is 5.41. The molecule has 0 saturated heterocycles. The fourth-order valence-corrected chi connectivity index (χ4v) is 3.28. The number of carboxylic acids is 1. The predicted octanol–water partition coefficient (Wildman–Crippen LogP) is 4.15. The van der Waals surface area contributed by atoms with Crippen LogP contribution < -0.4 is 5.32 Å². The molecule has 1 atom stereocenters. The van der Waals surface area contributed by atoms with Crippen LogP contribution >= 0.6 is 0 Å². The summed E-state index contributed by atoms with van der Waals surface area (Å²) in [5, 5.41) is 12.0. The van der Waals surface area contributed by atoms with Gasteiger partial charge in [0.2, 0.25) is 5.91 Å². The van der Waals surface area contributed by atoms with Gasteiger partial charge < -0.3 is 15.2 Å². The topological polar surface area (TPSA) is 88.5 Å². The van der Waals surface area contributed by atoms with Crippen LogP contribution in [0.3, 0.4) is 0 Å². The summed E-state index contributed by atoms with van der Waals surface area (Å²) in [5.41, 5.74) is -0.129. The molecule has 31 heavy (non-hydrogen) atoms. The van der Waals surface area contributed by atoms with Crippen LogP contribution in [0.1, 0.15) is 53.9 Å². The number of carbonyl (C=O) groups is 2. The van der Waals surface area contributed by atoms with Crippen LogP contribution in [0.25, 0.3) is 0 Å². The average Bonchev–Trinajstić information content (AvgIpc) is 3.48. The van der Waals surface area contributed by atoms with Gasteiger partial charge in [0.15, 0.2) is 0 Å². The van der Waals surface area contributed by atoms with Crippen LogP contribution in [0.2, 0.25) is 0 Å². The van der Waals surface area contributed by atoms with E-state index in [1.165, 1.54) is 18.2 Å². The number of hydrogen-bond donors (Lipinski definition) is 2. The Labute approximate surface area is 177 Å². The van der Waals surface area contributed by atoms with Crippen LogP contribution in [0.4, 0.5) is 13.2 Å². The van der Waals surface area contributed by atoms with E-state index in [9.17, 15) is 22.8 Å². The molecule has 0 spiro atoms. The summed E-state index contributed by atoms with van der Waals surface area (Å²) < 4.78 is 43.6. The molecule has 9 heteroatoms. The number of aromatic carboxylic acids is 1. The number of carboxylic acid groups (broad SMARTS) is 1. The van der Waals surface area contributed by atoms with Crippen molar-refractivity contribution in [2.24, 2.45) is 5.92 Å². The number of hydrogen-bond acceptors (Lipinski definition) is 4. The highest BCUT2D eigenvalue weighted by Crippen LogP contribution is 2.45. The normalized spacial score (nSPS) is 16.1. The van der Waals surface area contributed by atoms with Crippen molar-refractivity contribution in [1.82, 2.24) is 10.3 Å². The van der Waals surface area contributed by atoms with Gasteiger partial charge in [0.05, 0.1) is 17.7 Å². The predicted molar refractivity (Wildman–Crippen MR) is 105 cm³/mol. The zero-order chi connectivity index (χ0) is 22.8. The van der Waals surface area contributed by atoms with Gasteiger partial charge >= 0.3 is 12.1 Å². The number of amides is 1. The molecule has 1 aromatic carbocycles. The van der Waals surface area contributed by atoms with Crippen molar-refractivity contribution in [3.05, 3.63) is 65.0 Å². The van der Waals surface area contributed by atoms with E-state index in [0.29, 0.717) is 5.56 Å². The minimum atomic E-state index is -4.51. The van der Waals surface area contributed by atoms with Gasteiger partial charge in [-0.2, -0.15) is 13.2 Å². The van der Waals surface area contributed by atoms with Gasteiger partial charge in [-0.05, 0) is 48.1 Å². The molecule has 2 N–H and O–H groups in total. The highest BCUT2D eigenvalue weighted by Gasteiger charge is 2.47. The van der Waals surface area contributed by atoms with Gasteiger partial charge in [-0.3, -0.25) is 9.78 Å². The first kappa shape index (κ1) is 22.7. The van der Waals surface area contributed by atoms with Crippen LogP contribution in [0.15, 0.2) is 42.6 Å². The van der Waals surface area contributed by atoms with Crippen molar-refractivity contribution < 1.29 is 32.6 Å². The van der Waals surface area contributed by atoms with Crippen molar-refractivity contribution in [2.75, 3.05) is 0 Å². The summed E-state index contributed by atoms with van der Waals surface area (Å²) in [6.45, 7) is 3.58. The zero-order valence-electron chi connectivity index (χ0n) is 17.1. The van der Waals surface area contributed by atoms with Gasteiger partial charge in [-0.15, -0.1) is 0 Å². The second-order valence-electron chi connectivity index (χ2n) is 7.98. The minimum Gasteiger partial charge on any atom is -0.478 e. The van der Waals surface area contributed by atoms with E-state index < -0.39 is 29.5 Å². The molecule has 1 fully saturated rings. The number of benzene rings is 1. The molecule has 2 aromatic rings. The van der Waals surface area contributed by atoms with Crippen LogP contribution in [0.5, 0.6) is 0 Å². The van der Waals surface area contributed by atoms with E-state index >= 15 is 0 Å². The summed E-state index contributed by atoms with van der Waals surface area (Å²) in [5.74, 6) is -1.52. The third-order valence-corrected chi connectivity index (χ3v) is 5.21. The second-order valence-corrected chi connectivity index (χ2v) is 7.98. The van der Waals surface area contributed by atoms with Gasteiger partial charge in [0.1, 0.15) is 11.8 Å². The Bertz CT molecular complexity index is 937. The number of aromatic nitrogens is 1. The molecule has 1 aliphatic carbocycles. The molecule has 1 saturated carbocycles. The molecule has 0 aliphatic heterocycles. The summed E-state index contributed by atoms with van der Waals surface area (Å²) in [6.07, 6.45) is -2.79. The summed E-state index contributed by atoms with van der Waals surface area (Å²) in [7, 11) is 0. The number of nitrogens with one attached hydrogen (secondary N) is 1. The molecule has 166 valence electrons. The van der Waals surface area contributed by atoms with Crippen LogP contribution in [-0.2, 0) is 27.9 Å². The first-order valence-electron chi connectivity index (χ1n) is 9.81. The monoisotopic (exact) mass is 436 g/mol. The lowest BCUT2D eigenvalue weighted by Gasteiger charge is -2.25. The smallest absolute Gasteiger partial charge is 0.433 e. The van der Waals surface area contributed by atoms with Crippen LogP contribution in [0, 0.1) is 5.92 Å². The number of alkyl halides is 3. The van der Waals surface area contributed by atoms with Crippen molar-refractivity contribution in [2.45, 2.75) is 51.1 Å². The molecule has 1 heterocycles. The number of ether oxygens (including phenoxy) is 1. The molecular weight excluding hydrogens is 413 g/mol. The molecule has 3 rings (SSSR count). The molecule has 0 radical (unpaired) electrons. The average molecular weight is 436 g/mol. The lowest BCUT2D eigenvalue weighted by molar-refractivity contribution is -0.141. The number of halogens is 3. The first-order valence-corrected chi connectivity index (χ1v) is 9.81. The Kier molecular flexibility index (Phi) is 6.35. The second kappa shape index (κ2) is 8.66. The van der Waals surface area contributed by atoms with Crippen molar-refractivity contribution >= 4 is 11.9 Å². The maximum absolute atomic E-state index is 12.9. The Hall–Kier alpha value is -2.94. The first-order chi connectivity index (χ1) is 14.5. The van der Waals surface area contributed by atoms with E-state index in [-0.39, 0.29) is 24.0 Å². The summed E-state index contributed by atoms with van der Waals surface area (Å²) in [4.78, 5) is 27.3. The lowest BCUT2D eigenvalue weighted by atomic mass is 10.0. The number of nitrogens with zero attached hydrogens (tertiary/aromatic N) is 1. The fraction of sp³-hybridized carbons (Fsp3) is 0.409. The van der Waals surface area contributed by atoms with Crippen molar-refractivity contribution in [3.8, 4) is 0 Å². The molecule has 6 nitrogen and oxygen atoms in total. The van der Waals surface area contributed by atoms with Crippen molar-refractivity contribution in [1.29, 1.82) is 0 Å². The van der Waals surface area contributed by atoms with E-state index in [2.05, 4.69) is 10.3 Å². The van der Waals surface area contributed by atoms with Gasteiger partial charge in [-0.25, -0.2) is 4.79 Å². The Balaban J connectivity index is 1.64. The third-order valence-electron chi connectivity index (χ3n) is 5.21. The van der Waals surface area contributed by atoms with Gasteiger partial charge in [0.25, 0.3) is 0 Å². The fourth-order valence-electron chi connectivity index (χ4n) is 3.28. The maximum atomic E-state index is 12.9. The summed E-state index contributed by atoms with van der Waals surface area (Å²) >= 11 is 0. The molecule has 0 bridgehead atoms. The van der Waals surface area contributed by atoms with E-state index in [4.69, 9.17) is 9.84 Å². The number of carbonyl (C=O) groups excluding carboxylic acids is 1. The SMILES string of the molecule is CC(C)[C@@H](OCc1ccc(C(F)(F)F)nc1)C(=O)NC1(c2ccc(C(=O)O)cc2)CC1. The molecule has 1 amide bonds. The van der Waals surface area contributed by atoms with Crippen LogP contribution in [-0.4, -0.2) is 28.1 Å². The molecule has 1 aromatic heterocycles.